The summed E-state index contributed by atoms with van der Waals surface area (Å²) in [5.41, 5.74) is -0.487. The lowest BCUT2D eigenvalue weighted by Crippen LogP contribution is -2.45. The van der Waals surface area contributed by atoms with Gasteiger partial charge in [0.05, 0.1) is 23.9 Å². The number of halogens is 2. The van der Waals surface area contributed by atoms with Gasteiger partial charge in [0, 0.05) is 21.8 Å². The first-order chi connectivity index (χ1) is 16.1. The van der Waals surface area contributed by atoms with E-state index in [1.54, 1.807) is 0 Å². The van der Waals surface area contributed by atoms with Gasteiger partial charge in [0.2, 0.25) is 11.8 Å². The van der Waals surface area contributed by atoms with Crippen LogP contribution in [0.15, 0.2) is 18.2 Å². The van der Waals surface area contributed by atoms with Gasteiger partial charge in [-0.25, -0.2) is 4.79 Å². The highest BCUT2D eigenvalue weighted by atomic mass is 79.9. The fourth-order valence-corrected chi connectivity index (χ4v) is 7.08. The Bertz CT molecular complexity index is 1050. The molecule has 2 bridgehead atoms. The zero-order valence-electron chi connectivity index (χ0n) is 18.1. The molecule has 1 N–H and O–H groups in total. The normalized spacial score (nSPS) is 30.2. The number of anilines is 1. The number of hydrogen-bond acceptors (Lipinski definition) is 8. The number of ether oxygens (including phenoxy) is 2. The molecule has 182 valence electrons. The Morgan fingerprint density at radius 3 is 2.32 bits per heavy atom. The van der Waals surface area contributed by atoms with Gasteiger partial charge in [0.25, 0.3) is 11.6 Å². The molecule has 1 aromatic carbocycles. The van der Waals surface area contributed by atoms with E-state index in [0.29, 0.717) is 0 Å². The number of carbonyl (C=O) groups is 4. The summed E-state index contributed by atoms with van der Waals surface area (Å²) in [6, 6.07) is 2.61. The second-order valence-electron chi connectivity index (χ2n) is 8.52. The Morgan fingerprint density at radius 2 is 1.79 bits per heavy atom. The van der Waals surface area contributed by atoms with Crippen LogP contribution in [0.2, 0.25) is 0 Å². The number of nitro benzene ring substituents is 1. The highest BCUT2D eigenvalue weighted by molar-refractivity contribution is 9.12. The van der Waals surface area contributed by atoms with E-state index < -0.39 is 53.1 Å². The molecule has 7 atom stereocenters. The molecule has 0 spiro atoms. The molecule has 2 saturated carbocycles. The maximum absolute atomic E-state index is 13.0. The number of hydrogen-bond donors (Lipinski definition) is 1. The van der Waals surface area contributed by atoms with Crippen LogP contribution >= 0.6 is 31.9 Å². The Balaban J connectivity index is 1.39. The van der Waals surface area contributed by atoms with Crippen LogP contribution in [0.4, 0.5) is 11.4 Å². The Labute approximate surface area is 210 Å². The van der Waals surface area contributed by atoms with Crippen molar-refractivity contribution in [1.29, 1.82) is 0 Å². The number of methoxy groups -OCH3 is 1. The molecule has 2 aliphatic carbocycles. The highest BCUT2D eigenvalue weighted by Gasteiger charge is 2.67. The number of imide groups is 1. The summed E-state index contributed by atoms with van der Waals surface area (Å²) < 4.78 is 10.0. The van der Waals surface area contributed by atoms with Crippen molar-refractivity contribution in [3.63, 3.8) is 0 Å². The third-order valence-electron chi connectivity index (χ3n) is 6.77. The van der Waals surface area contributed by atoms with Gasteiger partial charge in [-0.2, -0.15) is 0 Å². The number of benzene rings is 1. The van der Waals surface area contributed by atoms with Gasteiger partial charge in [0.1, 0.15) is 17.5 Å². The third-order valence-corrected chi connectivity index (χ3v) is 9.98. The molecule has 0 unspecified atom stereocenters. The van der Waals surface area contributed by atoms with Gasteiger partial charge in [-0.1, -0.05) is 31.9 Å². The molecule has 13 heteroatoms. The minimum atomic E-state index is -1.20. The van der Waals surface area contributed by atoms with Gasteiger partial charge in [-0.3, -0.25) is 29.4 Å². The number of esters is 1. The minimum absolute atomic E-state index is 0.00785. The zero-order valence-corrected chi connectivity index (χ0v) is 21.3. The van der Waals surface area contributed by atoms with E-state index in [9.17, 15) is 29.3 Å². The van der Waals surface area contributed by atoms with Crippen LogP contribution in [0.25, 0.3) is 0 Å². The van der Waals surface area contributed by atoms with Crippen molar-refractivity contribution in [2.45, 2.75) is 29.0 Å². The van der Waals surface area contributed by atoms with Crippen molar-refractivity contribution in [3.05, 3.63) is 28.3 Å². The van der Waals surface area contributed by atoms with Crippen LogP contribution < -0.4 is 10.1 Å². The maximum atomic E-state index is 13.0. The predicted octanol–water partition coefficient (Wildman–Crippen LogP) is 2.25. The van der Waals surface area contributed by atoms with E-state index in [4.69, 9.17) is 9.47 Å². The van der Waals surface area contributed by atoms with Crippen molar-refractivity contribution in [2.24, 2.45) is 23.7 Å². The first kappa shape index (κ1) is 24.6. The minimum Gasteiger partial charge on any atom is -0.497 e. The smallest absolute Gasteiger partial charge is 0.329 e. The second kappa shape index (κ2) is 9.25. The van der Waals surface area contributed by atoms with Gasteiger partial charge in [-0.05, 0) is 31.2 Å². The van der Waals surface area contributed by atoms with E-state index in [2.05, 4.69) is 37.2 Å². The fourth-order valence-electron chi connectivity index (χ4n) is 5.20. The lowest BCUT2D eigenvalue weighted by Gasteiger charge is -2.28. The van der Waals surface area contributed by atoms with Gasteiger partial charge >= 0.3 is 5.97 Å². The number of amides is 3. The number of nitrogens with one attached hydrogen (secondary N) is 1. The quantitative estimate of drug-likeness (QED) is 0.164. The number of nitro groups is 1. The van der Waals surface area contributed by atoms with Crippen LogP contribution in [0.3, 0.4) is 0 Å². The summed E-state index contributed by atoms with van der Waals surface area (Å²) >= 11 is 7.21. The third kappa shape index (κ3) is 3.98. The molecule has 1 aromatic rings. The highest BCUT2D eigenvalue weighted by Crippen LogP contribution is 2.60. The number of rotatable bonds is 7. The lowest BCUT2D eigenvalue weighted by molar-refractivity contribution is -0.383. The van der Waals surface area contributed by atoms with E-state index >= 15 is 0 Å². The van der Waals surface area contributed by atoms with Gasteiger partial charge < -0.3 is 14.8 Å². The summed E-state index contributed by atoms with van der Waals surface area (Å²) in [5, 5.41) is 13.5. The average molecular weight is 603 g/mol. The molecule has 0 radical (unpaired) electrons. The number of carbonyl (C=O) groups excluding carboxylic acids is 4. The monoisotopic (exact) mass is 601 g/mol. The fraction of sp³-hybridized carbons (Fsp3) is 0.524. The summed E-state index contributed by atoms with van der Waals surface area (Å²) in [7, 11) is 1.37. The average Bonchev–Trinajstić information content (AvgIpc) is 3.41. The number of likely N-dealkylation sites (tertiary alicyclic amines) is 1. The molecule has 1 saturated heterocycles. The predicted molar refractivity (Wildman–Crippen MR) is 125 cm³/mol. The molecule has 3 amide bonds. The molecular weight excluding hydrogens is 582 g/mol. The zero-order chi connectivity index (χ0) is 24.9. The number of fused-ring (bicyclic) bond motifs is 5. The topological polar surface area (TPSA) is 145 Å². The second-order valence-corrected chi connectivity index (χ2v) is 10.6. The molecule has 3 aliphatic rings. The van der Waals surface area contributed by atoms with Crippen LogP contribution in [0.1, 0.15) is 13.3 Å². The van der Waals surface area contributed by atoms with E-state index in [-0.39, 0.29) is 38.6 Å². The van der Waals surface area contributed by atoms with Crippen molar-refractivity contribution in [1.82, 2.24) is 4.90 Å². The van der Waals surface area contributed by atoms with Gasteiger partial charge in [0.15, 0.2) is 6.61 Å². The molecule has 1 heterocycles. The Hall–Kier alpha value is -2.54. The maximum Gasteiger partial charge on any atom is 0.329 e. The van der Waals surface area contributed by atoms with Crippen LogP contribution in [0, 0.1) is 33.8 Å². The van der Waals surface area contributed by atoms with E-state index in [1.807, 2.05) is 0 Å². The van der Waals surface area contributed by atoms with Crippen molar-refractivity contribution in [3.8, 4) is 5.75 Å². The summed E-state index contributed by atoms with van der Waals surface area (Å²) in [4.78, 5) is 62.5. The summed E-state index contributed by atoms with van der Waals surface area (Å²) in [6.45, 7) is 0.627. The molecular formula is C21H21Br2N3O8. The van der Waals surface area contributed by atoms with Crippen LogP contribution in [-0.2, 0) is 23.9 Å². The molecule has 11 nitrogen and oxygen atoms in total. The van der Waals surface area contributed by atoms with E-state index in [1.165, 1.54) is 32.2 Å². The number of nitrogens with zero attached hydrogens (tertiary/aromatic N) is 2. The van der Waals surface area contributed by atoms with Crippen LogP contribution in [-0.4, -0.2) is 62.9 Å². The SMILES string of the molecule is COc1ccc([N+](=O)[O-])c(NC(=O)COC(=O)[C@H](C)N2C(=O)[C@@H]3[C@H]4C[C@@H]([C@H](Br)[C@@H]4Br)[C@@H]3C2=O)c1. The standard InChI is InChI=1S/C21H21Br2N3O8/c1-8(25-19(28)15-10-6-11(16(15)20(25)29)18(23)17(10)22)21(30)34-7-14(27)24-12-5-9(33-2)3-4-13(12)26(31)32/h3-5,8,10-11,15-18H,6-7H2,1-2H3,(H,24,27)/t8-,10+,11+,15-,16+,17-,18+/m0/s1. The van der Waals surface area contributed by atoms with Gasteiger partial charge in [-0.15, -0.1) is 0 Å². The van der Waals surface area contributed by atoms with Crippen LogP contribution in [0.5, 0.6) is 5.75 Å². The molecule has 0 aromatic heterocycles. The molecule has 1 aliphatic heterocycles. The van der Waals surface area contributed by atoms with Crippen molar-refractivity contribution < 1.29 is 33.6 Å². The first-order valence-corrected chi connectivity index (χ1v) is 12.3. The van der Waals surface area contributed by atoms with Crippen molar-refractivity contribution in [2.75, 3.05) is 19.0 Å². The Morgan fingerprint density at radius 1 is 1.21 bits per heavy atom. The number of alkyl halides is 2. The summed E-state index contributed by atoms with van der Waals surface area (Å²) in [5.74, 6) is -3.18. The Kier molecular flexibility index (Phi) is 6.69. The largest absolute Gasteiger partial charge is 0.497 e. The summed E-state index contributed by atoms with van der Waals surface area (Å²) in [6.07, 6.45) is 0.766. The molecule has 34 heavy (non-hydrogen) atoms. The van der Waals surface area contributed by atoms with E-state index in [0.717, 1.165) is 11.3 Å². The molecule has 4 rings (SSSR count). The molecule has 3 fully saturated rings. The van der Waals surface area contributed by atoms with Crippen molar-refractivity contribution >= 4 is 66.9 Å². The first-order valence-electron chi connectivity index (χ1n) is 10.5. The lowest BCUT2D eigenvalue weighted by atomic mass is 9.81.